The van der Waals surface area contributed by atoms with Gasteiger partial charge in [-0.25, -0.2) is 0 Å². The molecule has 0 saturated carbocycles. The summed E-state index contributed by atoms with van der Waals surface area (Å²) in [5.74, 6) is 0. The van der Waals surface area contributed by atoms with E-state index in [0.29, 0.717) is 6.61 Å². The Morgan fingerprint density at radius 1 is 1.67 bits per heavy atom. The predicted octanol–water partition coefficient (Wildman–Crippen LogP) is -0.517. The first-order valence-electron chi connectivity index (χ1n) is 3.27. The number of rotatable bonds is 0. The summed E-state index contributed by atoms with van der Waals surface area (Å²) >= 11 is 0. The third-order valence-corrected chi connectivity index (χ3v) is 1.75. The number of nitrogens with two attached hydrogens (primary N) is 1. The average molecular weight is 131 g/mol. The molecule has 1 aliphatic heterocycles. The van der Waals surface area contributed by atoms with Gasteiger partial charge in [0.1, 0.15) is 0 Å². The van der Waals surface area contributed by atoms with Crippen LogP contribution < -0.4 is 5.73 Å². The first kappa shape index (κ1) is 6.99. The summed E-state index contributed by atoms with van der Waals surface area (Å²) < 4.78 is 5.13. The summed E-state index contributed by atoms with van der Waals surface area (Å²) in [4.78, 5) is 0. The zero-order valence-corrected chi connectivity index (χ0v) is 5.58. The number of ether oxygens (including phenoxy) is 1. The normalized spacial score (nSPS) is 45.0. The minimum atomic E-state index is -0.473. The van der Waals surface area contributed by atoms with Gasteiger partial charge in [-0.05, 0) is 13.3 Å². The second-order valence-electron chi connectivity index (χ2n) is 2.52. The Bertz CT molecular complexity index is 87.1. The van der Waals surface area contributed by atoms with E-state index in [1.807, 2.05) is 6.92 Å². The van der Waals surface area contributed by atoms with Gasteiger partial charge in [-0.1, -0.05) is 0 Å². The van der Waals surface area contributed by atoms with E-state index >= 15 is 0 Å². The molecule has 3 heteroatoms. The van der Waals surface area contributed by atoms with Gasteiger partial charge in [0, 0.05) is 12.6 Å². The van der Waals surface area contributed by atoms with Gasteiger partial charge in [0.25, 0.3) is 0 Å². The van der Waals surface area contributed by atoms with Crippen LogP contribution in [0.5, 0.6) is 0 Å². The van der Waals surface area contributed by atoms with Gasteiger partial charge in [0.2, 0.25) is 0 Å². The highest BCUT2D eigenvalue weighted by Gasteiger charge is 2.26. The molecule has 1 heterocycles. The standard InChI is InChI=1S/C6H13NO2/c1-4-6(8)5(7)2-3-9-4/h4-6,8H,2-3,7H2,1H3/t4-,5-,6?/m0/s1. The molecule has 0 aromatic heterocycles. The quantitative estimate of drug-likeness (QED) is 0.465. The van der Waals surface area contributed by atoms with Crippen LogP contribution in [0.3, 0.4) is 0 Å². The van der Waals surface area contributed by atoms with Crippen LogP contribution in [0.25, 0.3) is 0 Å². The van der Waals surface area contributed by atoms with Crippen molar-refractivity contribution in [3.8, 4) is 0 Å². The first-order valence-corrected chi connectivity index (χ1v) is 3.27. The van der Waals surface area contributed by atoms with Crippen molar-refractivity contribution in [1.29, 1.82) is 0 Å². The van der Waals surface area contributed by atoms with E-state index < -0.39 is 6.10 Å². The van der Waals surface area contributed by atoms with Crippen molar-refractivity contribution < 1.29 is 9.84 Å². The molecular weight excluding hydrogens is 118 g/mol. The fourth-order valence-corrected chi connectivity index (χ4v) is 1.01. The third kappa shape index (κ3) is 1.41. The number of aliphatic hydroxyl groups excluding tert-OH is 1. The second kappa shape index (κ2) is 2.64. The molecule has 0 amide bonds. The van der Waals surface area contributed by atoms with Crippen molar-refractivity contribution in [1.82, 2.24) is 0 Å². The molecule has 3 nitrogen and oxygen atoms in total. The zero-order valence-electron chi connectivity index (χ0n) is 5.58. The predicted molar refractivity (Wildman–Crippen MR) is 34.0 cm³/mol. The van der Waals surface area contributed by atoms with Gasteiger partial charge in [0.15, 0.2) is 0 Å². The highest BCUT2D eigenvalue weighted by molar-refractivity contribution is 4.80. The number of hydrogen-bond donors (Lipinski definition) is 2. The number of hydrogen-bond acceptors (Lipinski definition) is 3. The van der Waals surface area contributed by atoms with E-state index in [1.54, 1.807) is 0 Å². The lowest BCUT2D eigenvalue weighted by Crippen LogP contribution is -2.47. The summed E-state index contributed by atoms with van der Waals surface area (Å²) in [7, 11) is 0. The van der Waals surface area contributed by atoms with Crippen molar-refractivity contribution in [3.05, 3.63) is 0 Å². The van der Waals surface area contributed by atoms with E-state index in [2.05, 4.69) is 0 Å². The van der Waals surface area contributed by atoms with Crippen molar-refractivity contribution in [2.24, 2.45) is 5.73 Å². The molecular formula is C6H13NO2. The Hall–Kier alpha value is -0.120. The second-order valence-corrected chi connectivity index (χ2v) is 2.52. The molecule has 0 bridgehead atoms. The molecule has 0 radical (unpaired) electrons. The van der Waals surface area contributed by atoms with Crippen LogP contribution in [-0.4, -0.2) is 30.0 Å². The summed E-state index contributed by atoms with van der Waals surface area (Å²) in [6, 6.07) is -0.0891. The summed E-state index contributed by atoms with van der Waals surface area (Å²) in [6.45, 7) is 2.52. The Morgan fingerprint density at radius 3 is 2.78 bits per heavy atom. The van der Waals surface area contributed by atoms with Gasteiger partial charge in [-0.3, -0.25) is 0 Å². The molecule has 1 fully saturated rings. The molecule has 3 atom stereocenters. The molecule has 3 N–H and O–H groups in total. The maximum atomic E-state index is 9.20. The summed E-state index contributed by atoms with van der Waals surface area (Å²) in [5.41, 5.74) is 5.54. The van der Waals surface area contributed by atoms with E-state index in [0.717, 1.165) is 6.42 Å². The van der Waals surface area contributed by atoms with Crippen LogP contribution in [0, 0.1) is 0 Å². The molecule has 9 heavy (non-hydrogen) atoms. The van der Waals surface area contributed by atoms with Gasteiger partial charge < -0.3 is 15.6 Å². The van der Waals surface area contributed by atoms with Crippen molar-refractivity contribution in [2.45, 2.75) is 31.6 Å². The van der Waals surface area contributed by atoms with Crippen molar-refractivity contribution in [3.63, 3.8) is 0 Å². The lowest BCUT2D eigenvalue weighted by Gasteiger charge is -2.30. The van der Waals surface area contributed by atoms with E-state index in [-0.39, 0.29) is 12.1 Å². The van der Waals surface area contributed by atoms with Crippen LogP contribution in [0.4, 0.5) is 0 Å². The molecule has 1 unspecified atom stereocenters. The summed E-state index contributed by atoms with van der Waals surface area (Å²) in [5, 5.41) is 9.20. The van der Waals surface area contributed by atoms with Crippen molar-refractivity contribution >= 4 is 0 Å². The van der Waals surface area contributed by atoms with Crippen LogP contribution in [0.1, 0.15) is 13.3 Å². The van der Waals surface area contributed by atoms with E-state index in [4.69, 9.17) is 10.5 Å². The fourth-order valence-electron chi connectivity index (χ4n) is 1.01. The average Bonchev–Trinajstić information content (AvgIpc) is 1.83. The Kier molecular flexibility index (Phi) is 2.05. The van der Waals surface area contributed by atoms with Crippen LogP contribution in [0.2, 0.25) is 0 Å². The highest BCUT2D eigenvalue weighted by atomic mass is 16.5. The zero-order chi connectivity index (χ0) is 6.85. The molecule has 0 spiro atoms. The summed E-state index contributed by atoms with van der Waals surface area (Å²) in [6.07, 6.45) is 0.207. The van der Waals surface area contributed by atoms with Gasteiger partial charge in [0.05, 0.1) is 12.2 Å². The molecule has 0 aliphatic carbocycles. The molecule has 0 aromatic carbocycles. The van der Waals surface area contributed by atoms with E-state index in [9.17, 15) is 5.11 Å². The SMILES string of the molecule is C[C@@H]1OCC[C@H](N)C1O. The molecule has 1 rings (SSSR count). The Morgan fingerprint density at radius 2 is 2.33 bits per heavy atom. The van der Waals surface area contributed by atoms with Gasteiger partial charge in [-0.2, -0.15) is 0 Å². The van der Waals surface area contributed by atoms with Crippen molar-refractivity contribution in [2.75, 3.05) is 6.61 Å². The van der Waals surface area contributed by atoms with Gasteiger partial charge in [-0.15, -0.1) is 0 Å². The maximum absolute atomic E-state index is 9.20. The maximum Gasteiger partial charge on any atom is 0.0950 e. The highest BCUT2D eigenvalue weighted by Crippen LogP contribution is 2.11. The van der Waals surface area contributed by atoms with Crippen LogP contribution in [0.15, 0.2) is 0 Å². The largest absolute Gasteiger partial charge is 0.389 e. The topological polar surface area (TPSA) is 55.5 Å². The van der Waals surface area contributed by atoms with Gasteiger partial charge >= 0.3 is 0 Å². The molecule has 54 valence electrons. The van der Waals surface area contributed by atoms with E-state index in [1.165, 1.54) is 0 Å². The lowest BCUT2D eigenvalue weighted by atomic mass is 10.0. The Balaban J connectivity index is 2.41. The number of aliphatic hydroxyl groups is 1. The third-order valence-electron chi connectivity index (χ3n) is 1.75. The lowest BCUT2D eigenvalue weighted by molar-refractivity contribution is -0.0739. The first-order chi connectivity index (χ1) is 4.22. The smallest absolute Gasteiger partial charge is 0.0950 e. The van der Waals surface area contributed by atoms with Crippen LogP contribution in [-0.2, 0) is 4.74 Å². The minimum Gasteiger partial charge on any atom is -0.389 e. The Labute approximate surface area is 54.8 Å². The minimum absolute atomic E-state index is 0.0891. The molecule has 1 aliphatic rings. The fraction of sp³-hybridized carbons (Fsp3) is 1.00. The molecule has 1 saturated heterocycles. The van der Waals surface area contributed by atoms with Crippen LogP contribution >= 0.6 is 0 Å². The molecule has 0 aromatic rings. The monoisotopic (exact) mass is 131 g/mol.